The average Bonchev–Trinajstić information content (AvgIpc) is 3.23. The SMILES string of the molecule is Cc1cc(C)c(C2=NOC(C)(C)C2(C#N)c2nc(-c3c(C)cc(C)cc3C)no2)c(C)c1. The van der Waals surface area contributed by atoms with Crippen LogP contribution in [-0.2, 0) is 10.3 Å². The van der Waals surface area contributed by atoms with Crippen molar-refractivity contribution in [3.63, 3.8) is 0 Å². The normalized spacial score (nSPS) is 19.4. The number of oxime groups is 1. The summed E-state index contributed by atoms with van der Waals surface area (Å²) in [6.07, 6.45) is 0. The topological polar surface area (TPSA) is 84.3 Å². The molecule has 0 spiro atoms. The minimum atomic E-state index is -1.35. The van der Waals surface area contributed by atoms with Crippen molar-refractivity contribution in [2.75, 3.05) is 0 Å². The van der Waals surface area contributed by atoms with E-state index in [0.29, 0.717) is 11.5 Å². The van der Waals surface area contributed by atoms with E-state index in [1.807, 2.05) is 41.5 Å². The second-order valence-corrected chi connectivity index (χ2v) is 9.37. The maximum absolute atomic E-state index is 10.6. The van der Waals surface area contributed by atoms with Gasteiger partial charge in [-0.2, -0.15) is 10.2 Å². The Hall–Kier alpha value is -3.46. The van der Waals surface area contributed by atoms with Gasteiger partial charge in [-0.05, 0) is 77.6 Å². The molecule has 1 aliphatic heterocycles. The van der Waals surface area contributed by atoms with Gasteiger partial charge in [0, 0.05) is 11.1 Å². The standard InChI is InChI=1S/C26H28N4O2/c1-14-9-16(3)20(17(4)10-14)22-26(13-27,25(7,8)32-29-22)24-28-23(30-31-24)21-18(5)11-15(2)12-19(21)6/h9-12H,1-8H3. The maximum atomic E-state index is 10.6. The number of aryl methyl sites for hydroxylation is 6. The van der Waals surface area contributed by atoms with Crippen LogP contribution in [0, 0.1) is 52.9 Å². The molecule has 0 saturated carbocycles. The molecule has 1 unspecified atom stereocenters. The van der Waals surface area contributed by atoms with Gasteiger partial charge in [0.1, 0.15) is 5.71 Å². The van der Waals surface area contributed by atoms with Crippen LogP contribution in [0.3, 0.4) is 0 Å². The molecule has 3 aromatic rings. The fourth-order valence-corrected chi connectivity index (χ4v) is 4.97. The van der Waals surface area contributed by atoms with Crippen molar-refractivity contribution in [3.8, 4) is 17.5 Å². The fourth-order valence-electron chi connectivity index (χ4n) is 4.97. The summed E-state index contributed by atoms with van der Waals surface area (Å²) >= 11 is 0. The lowest BCUT2D eigenvalue weighted by atomic mass is 9.68. The van der Waals surface area contributed by atoms with Crippen molar-refractivity contribution in [3.05, 3.63) is 69.1 Å². The molecule has 2 heterocycles. The van der Waals surface area contributed by atoms with E-state index >= 15 is 0 Å². The van der Waals surface area contributed by atoms with Gasteiger partial charge < -0.3 is 9.36 Å². The molecule has 32 heavy (non-hydrogen) atoms. The molecule has 6 heteroatoms. The van der Waals surface area contributed by atoms with Crippen LogP contribution < -0.4 is 0 Å². The monoisotopic (exact) mass is 428 g/mol. The van der Waals surface area contributed by atoms with Crippen LogP contribution in [0.5, 0.6) is 0 Å². The summed E-state index contributed by atoms with van der Waals surface area (Å²) in [5, 5.41) is 19.2. The highest BCUT2D eigenvalue weighted by atomic mass is 16.7. The highest BCUT2D eigenvalue weighted by Crippen LogP contribution is 2.46. The van der Waals surface area contributed by atoms with E-state index in [9.17, 15) is 5.26 Å². The molecular formula is C26H28N4O2. The van der Waals surface area contributed by atoms with Gasteiger partial charge in [-0.1, -0.05) is 45.7 Å². The molecule has 0 fully saturated rings. The van der Waals surface area contributed by atoms with Gasteiger partial charge >= 0.3 is 0 Å². The first-order valence-electron chi connectivity index (χ1n) is 10.7. The van der Waals surface area contributed by atoms with Crippen LogP contribution in [-0.4, -0.2) is 21.5 Å². The van der Waals surface area contributed by atoms with Gasteiger partial charge in [0.2, 0.25) is 11.2 Å². The molecule has 4 rings (SSSR count). The van der Waals surface area contributed by atoms with Crippen molar-refractivity contribution >= 4 is 5.71 Å². The Bertz CT molecular complexity index is 1260. The van der Waals surface area contributed by atoms with Crippen LogP contribution in [0.2, 0.25) is 0 Å². The van der Waals surface area contributed by atoms with Crippen molar-refractivity contribution in [1.29, 1.82) is 5.26 Å². The highest BCUT2D eigenvalue weighted by Gasteiger charge is 2.62. The molecule has 1 atom stereocenters. The first kappa shape index (κ1) is 21.8. The maximum Gasteiger partial charge on any atom is 0.258 e. The molecule has 1 aromatic heterocycles. The van der Waals surface area contributed by atoms with Gasteiger partial charge in [0.25, 0.3) is 5.89 Å². The largest absolute Gasteiger partial charge is 0.387 e. The van der Waals surface area contributed by atoms with E-state index in [1.54, 1.807) is 0 Å². The van der Waals surface area contributed by atoms with Crippen LogP contribution in [0.15, 0.2) is 33.9 Å². The minimum absolute atomic E-state index is 0.190. The summed E-state index contributed by atoms with van der Waals surface area (Å²) in [7, 11) is 0. The molecule has 0 radical (unpaired) electrons. The van der Waals surface area contributed by atoms with Gasteiger partial charge in [-0.25, -0.2) is 0 Å². The van der Waals surface area contributed by atoms with E-state index in [0.717, 1.165) is 38.9 Å². The molecule has 0 bridgehead atoms. The molecule has 2 aromatic carbocycles. The Kier molecular flexibility index (Phi) is 4.97. The average molecular weight is 429 g/mol. The third kappa shape index (κ3) is 3.03. The van der Waals surface area contributed by atoms with Crippen LogP contribution >= 0.6 is 0 Å². The summed E-state index contributed by atoms with van der Waals surface area (Å²) in [6, 6.07) is 10.8. The Morgan fingerprint density at radius 2 is 1.31 bits per heavy atom. The van der Waals surface area contributed by atoms with E-state index in [2.05, 4.69) is 54.5 Å². The zero-order valence-corrected chi connectivity index (χ0v) is 19.9. The zero-order chi connectivity index (χ0) is 23.4. The molecule has 0 saturated heterocycles. The summed E-state index contributed by atoms with van der Waals surface area (Å²) in [5.74, 6) is 0.652. The molecular weight excluding hydrogens is 400 g/mol. The Morgan fingerprint density at radius 1 is 0.812 bits per heavy atom. The van der Waals surface area contributed by atoms with Crippen LogP contribution in [0.4, 0.5) is 0 Å². The molecule has 1 aliphatic rings. The first-order chi connectivity index (χ1) is 15.0. The summed E-state index contributed by atoms with van der Waals surface area (Å²) in [4.78, 5) is 10.6. The number of rotatable bonds is 3. The number of aromatic nitrogens is 2. The van der Waals surface area contributed by atoms with E-state index in [-0.39, 0.29) is 5.89 Å². The lowest BCUT2D eigenvalue weighted by Crippen LogP contribution is -2.49. The second kappa shape index (κ2) is 7.30. The van der Waals surface area contributed by atoms with Crippen molar-refractivity contribution in [2.24, 2.45) is 5.16 Å². The van der Waals surface area contributed by atoms with Gasteiger partial charge in [-0.15, -0.1) is 0 Å². The molecule has 6 nitrogen and oxygen atoms in total. The Morgan fingerprint density at radius 3 is 1.81 bits per heavy atom. The van der Waals surface area contributed by atoms with Crippen molar-refractivity contribution in [1.82, 2.24) is 10.1 Å². The summed E-state index contributed by atoms with van der Waals surface area (Å²) in [6.45, 7) is 15.9. The third-order valence-corrected chi connectivity index (χ3v) is 6.35. The molecule has 0 aliphatic carbocycles. The van der Waals surface area contributed by atoms with Crippen molar-refractivity contribution in [2.45, 2.75) is 66.4 Å². The molecule has 164 valence electrons. The number of benzene rings is 2. The van der Waals surface area contributed by atoms with Gasteiger partial charge in [0.05, 0.1) is 6.07 Å². The predicted octanol–water partition coefficient (Wildman–Crippen LogP) is 5.56. The van der Waals surface area contributed by atoms with Gasteiger partial charge in [-0.3, -0.25) is 0 Å². The van der Waals surface area contributed by atoms with Crippen LogP contribution in [0.25, 0.3) is 11.4 Å². The summed E-state index contributed by atoms with van der Waals surface area (Å²) in [5.41, 5.74) is 6.43. The van der Waals surface area contributed by atoms with Gasteiger partial charge in [0.15, 0.2) is 5.60 Å². The third-order valence-electron chi connectivity index (χ3n) is 6.35. The minimum Gasteiger partial charge on any atom is -0.387 e. The zero-order valence-electron chi connectivity index (χ0n) is 19.9. The molecule has 0 amide bonds. The van der Waals surface area contributed by atoms with Crippen molar-refractivity contribution < 1.29 is 9.36 Å². The number of nitrogens with zero attached hydrogens (tertiary/aromatic N) is 4. The number of nitriles is 1. The first-order valence-corrected chi connectivity index (χ1v) is 10.7. The lowest BCUT2D eigenvalue weighted by Gasteiger charge is -2.30. The van der Waals surface area contributed by atoms with Crippen LogP contribution in [0.1, 0.15) is 58.7 Å². The lowest BCUT2D eigenvalue weighted by molar-refractivity contribution is -0.0199. The second-order valence-electron chi connectivity index (χ2n) is 9.37. The number of hydrogen-bond donors (Lipinski definition) is 0. The quantitative estimate of drug-likeness (QED) is 0.545. The summed E-state index contributed by atoms with van der Waals surface area (Å²) < 4.78 is 5.78. The highest BCUT2D eigenvalue weighted by molar-refractivity contribution is 6.12. The molecule has 0 N–H and O–H groups in total. The fraction of sp³-hybridized carbons (Fsp3) is 0.385. The smallest absolute Gasteiger partial charge is 0.258 e. The number of hydrogen-bond acceptors (Lipinski definition) is 6. The Labute approximate surface area is 188 Å². The Balaban J connectivity index is 1.93. The van der Waals surface area contributed by atoms with E-state index in [4.69, 9.17) is 14.3 Å². The van der Waals surface area contributed by atoms with E-state index in [1.165, 1.54) is 5.56 Å². The van der Waals surface area contributed by atoms with E-state index < -0.39 is 11.0 Å². The predicted molar refractivity (Wildman–Crippen MR) is 124 cm³/mol.